The summed E-state index contributed by atoms with van der Waals surface area (Å²) in [6.45, 7) is -0.300. The van der Waals surface area contributed by atoms with E-state index in [-0.39, 0.29) is 17.1 Å². The Labute approximate surface area is 77.9 Å². The summed E-state index contributed by atoms with van der Waals surface area (Å²) in [6, 6.07) is 1.84. The number of hydrogen-bond acceptors (Lipinski definition) is 2. The SMILES string of the molecule is O=C=NCc1c(F)ccc(F)c1Cl. The first-order valence-corrected chi connectivity index (χ1v) is 3.70. The Morgan fingerprint density at radius 1 is 1.38 bits per heavy atom. The molecule has 0 saturated carbocycles. The molecule has 0 fully saturated rings. The molecule has 0 aliphatic rings. The van der Waals surface area contributed by atoms with Crippen LogP contribution < -0.4 is 0 Å². The quantitative estimate of drug-likeness (QED) is 0.412. The zero-order valence-corrected chi connectivity index (χ0v) is 7.11. The Balaban J connectivity index is 3.16. The van der Waals surface area contributed by atoms with Gasteiger partial charge in [-0.15, -0.1) is 0 Å². The maximum absolute atomic E-state index is 12.9. The van der Waals surface area contributed by atoms with Crippen LogP contribution >= 0.6 is 11.6 Å². The minimum atomic E-state index is -0.737. The van der Waals surface area contributed by atoms with Crippen LogP contribution in [-0.4, -0.2) is 6.08 Å². The number of halogens is 3. The van der Waals surface area contributed by atoms with Crippen molar-refractivity contribution in [1.29, 1.82) is 0 Å². The second-order valence-electron chi connectivity index (χ2n) is 2.23. The van der Waals surface area contributed by atoms with E-state index in [1.54, 1.807) is 0 Å². The Morgan fingerprint density at radius 3 is 2.62 bits per heavy atom. The molecule has 0 heterocycles. The normalized spacial score (nSPS) is 9.46. The van der Waals surface area contributed by atoms with Crippen molar-refractivity contribution in [3.8, 4) is 0 Å². The lowest BCUT2D eigenvalue weighted by Crippen LogP contribution is -1.92. The van der Waals surface area contributed by atoms with Gasteiger partial charge in [0.15, 0.2) is 0 Å². The molecule has 0 aromatic heterocycles. The smallest absolute Gasteiger partial charge is 0.211 e. The number of rotatable bonds is 2. The zero-order valence-electron chi connectivity index (χ0n) is 6.35. The van der Waals surface area contributed by atoms with Gasteiger partial charge in [-0.05, 0) is 12.1 Å². The second-order valence-corrected chi connectivity index (χ2v) is 2.61. The molecule has 1 rings (SSSR count). The monoisotopic (exact) mass is 203 g/mol. The van der Waals surface area contributed by atoms with Gasteiger partial charge < -0.3 is 0 Å². The van der Waals surface area contributed by atoms with Gasteiger partial charge in [-0.25, -0.2) is 18.6 Å². The lowest BCUT2D eigenvalue weighted by molar-refractivity contribution is 0.560. The molecule has 0 amide bonds. The number of aliphatic imine (C=N–C) groups is 1. The molecular weight excluding hydrogens is 200 g/mol. The van der Waals surface area contributed by atoms with Crippen LogP contribution in [0.1, 0.15) is 5.56 Å². The van der Waals surface area contributed by atoms with Gasteiger partial charge in [0.05, 0.1) is 11.6 Å². The third kappa shape index (κ3) is 2.11. The average Bonchev–Trinajstić information content (AvgIpc) is 2.12. The van der Waals surface area contributed by atoms with E-state index < -0.39 is 11.6 Å². The summed E-state index contributed by atoms with van der Waals surface area (Å²) >= 11 is 5.43. The Hall–Kier alpha value is -1.25. The summed E-state index contributed by atoms with van der Waals surface area (Å²) in [5.74, 6) is -1.43. The van der Waals surface area contributed by atoms with Crippen LogP contribution in [0.25, 0.3) is 0 Å². The van der Waals surface area contributed by atoms with Crippen LogP contribution in [0.3, 0.4) is 0 Å². The zero-order chi connectivity index (χ0) is 9.84. The van der Waals surface area contributed by atoms with Crippen LogP contribution in [0.15, 0.2) is 17.1 Å². The summed E-state index contributed by atoms with van der Waals surface area (Å²) in [6.07, 6.45) is 1.22. The highest BCUT2D eigenvalue weighted by Gasteiger charge is 2.10. The van der Waals surface area contributed by atoms with Crippen molar-refractivity contribution < 1.29 is 13.6 Å². The minimum Gasteiger partial charge on any atom is -0.211 e. The molecule has 5 heteroatoms. The average molecular weight is 204 g/mol. The van der Waals surface area contributed by atoms with Gasteiger partial charge in [0.25, 0.3) is 0 Å². The lowest BCUT2D eigenvalue weighted by Gasteiger charge is -2.01. The van der Waals surface area contributed by atoms with Crippen LogP contribution in [0.4, 0.5) is 8.78 Å². The molecule has 0 saturated heterocycles. The van der Waals surface area contributed by atoms with Crippen molar-refractivity contribution in [2.45, 2.75) is 6.54 Å². The third-order valence-electron chi connectivity index (χ3n) is 1.44. The highest BCUT2D eigenvalue weighted by Crippen LogP contribution is 2.23. The van der Waals surface area contributed by atoms with E-state index in [4.69, 9.17) is 11.6 Å². The minimum absolute atomic E-state index is 0.134. The highest BCUT2D eigenvalue weighted by molar-refractivity contribution is 6.31. The number of carbonyl (C=O) groups excluding carboxylic acids is 1. The first-order chi connectivity index (χ1) is 6.16. The predicted molar refractivity (Wildman–Crippen MR) is 43.2 cm³/mol. The first-order valence-electron chi connectivity index (χ1n) is 3.33. The second kappa shape index (κ2) is 4.12. The van der Waals surface area contributed by atoms with Crippen molar-refractivity contribution in [1.82, 2.24) is 0 Å². The summed E-state index contributed by atoms with van der Waals surface area (Å²) in [7, 11) is 0. The number of isocyanates is 1. The highest BCUT2D eigenvalue weighted by atomic mass is 35.5. The lowest BCUT2D eigenvalue weighted by atomic mass is 10.2. The van der Waals surface area contributed by atoms with E-state index in [0.29, 0.717) is 0 Å². The van der Waals surface area contributed by atoms with Crippen molar-refractivity contribution in [2.24, 2.45) is 4.99 Å². The van der Waals surface area contributed by atoms with Gasteiger partial charge in [-0.3, -0.25) is 0 Å². The van der Waals surface area contributed by atoms with E-state index in [9.17, 15) is 13.6 Å². The summed E-state index contributed by atoms with van der Waals surface area (Å²) in [4.78, 5) is 12.8. The standard InChI is InChI=1S/C8H4ClF2NO/c9-8-5(3-12-4-13)6(10)1-2-7(8)11/h1-2H,3H2. The van der Waals surface area contributed by atoms with Gasteiger partial charge in [-0.1, -0.05) is 11.6 Å². The molecule has 1 aromatic rings. The van der Waals surface area contributed by atoms with Gasteiger partial charge in [0.1, 0.15) is 11.6 Å². The Morgan fingerprint density at radius 2 is 2.00 bits per heavy atom. The van der Waals surface area contributed by atoms with Crippen LogP contribution in [-0.2, 0) is 11.3 Å². The molecule has 0 spiro atoms. The molecule has 13 heavy (non-hydrogen) atoms. The molecule has 0 radical (unpaired) electrons. The number of nitrogens with zero attached hydrogens (tertiary/aromatic N) is 1. The fourth-order valence-corrected chi connectivity index (χ4v) is 1.04. The molecule has 0 atom stereocenters. The molecule has 2 nitrogen and oxygen atoms in total. The summed E-state index contributed by atoms with van der Waals surface area (Å²) in [5, 5.41) is -0.348. The van der Waals surface area contributed by atoms with Crippen molar-refractivity contribution in [2.75, 3.05) is 0 Å². The fourth-order valence-electron chi connectivity index (χ4n) is 0.825. The first kappa shape index (κ1) is 9.84. The molecule has 0 bridgehead atoms. The molecule has 0 aliphatic heterocycles. The van der Waals surface area contributed by atoms with Gasteiger partial charge in [-0.2, -0.15) is 0 Å². The number of hydrogen-bond donors (Lipinski definition) is 0. The third-order valence-corrected chi connectivity index (χ3v) is 1.85. The maximum Gasteiger partial charge on any atom is 0.235 e. The van der Waals surface area contributed by atoms with Gasteiger partial charge in [0.2, 0.25) is 6.08 Å². The molecule has 68 valence electrons. The van der Waals surface area contributed by atoms with E-state index in [2.05, 4.69) is 4.99 Å². The van der Waals surface area contributed by atoms with Gasteiger partial charge in [0, 0.05) is 5.56 Å². The van der Waals surface area contributed by atoms with E-state index in [1.165, 1.54) is 6.08 Å². The predicted octanol–water partition coefficient (Wildman–Crippen LogP) is 2.45. The molecular formula is C8H4ClF2NO. The van der Waals surface area contributed by atoms with E-state index >= 15 is 0 Å². The van der Waals surface area contributed by atoms with E-state index in [0.717, 1.165) is 12.1 Å². The largest absolute Gasteiger partial charge is 0.235 e. The van der Waals surface area contributed by atoms with Gasteiger partial charge >= 0.3 is 0 Å². The molecule has 0 unspecified atom stereocenters. The van der Waals surface area contributed by atoms with Crippen LogP contribution in [0.5, 0.6) is 0 Å². The molecule has 1 aromatic carbocycles. The van der Waals surface area contributed by atoms with Crippen LogP contribution in [0, 0.1) is 11.6 Å². The van der Waals surface area contributed by atoms with Crippen molar-refractivity contribution in [3.63, 3.8) is 0 Å². The molecule has 0 aliphatic carbocycles. The summed E-state index contributed by atoms with van der Waals surface area (Å²) < 4.78 is 25.7. The maximum atomic E-state index is 12.9. The number of benzene rings is 1. The van der Waals surface area contributed by atoms with E-state index in [1.807, 2.05) is 0 Å². The van der Waals surface area contributed by atoms with Crippen LogP contribution in [0.2, 0.25) is 5.02 Å². The summed E-state index contributed by atoms with van der Waals surface area (Å²) in [5.41, 5.74) is -0.134. The Bertz CT molecular complexity index is 375. The topological polar surface area (TPSA) is 29.4 Å². The molecule has 0 N–H and O–H groups in total. The van der Waals surface area contributed by atoms with Crippen molar-refractivity contribution >= 4 is 17.7 Å². The Kier molecular flexibility index (Phi) is 3.12. The van der Waals surface area contributed by atoms with Crippen molar-refractivity contribution in [3.05, 3.63) is 34.4 Å². The fraction of sp³-hybridized carbons (Fsp3) is 0.125.